The van der Waals surface area contributed by atoms with Gasteiger partial charge in [0, 0.05) is 19.2 Å². The summed E-state index contributed by atoms with van der Waals surface area (Å²) in [6.07, 6.45) is 12.9. The summed E-state index contributed by atoms with van der Waals surface area (Å²) in [7, 11) is 0. The summed E-state index contributed by atoms with van der Waals surface area (Å²) < 4.78 is 1.85. The van der Waals surface area contributed by atoms with E-state index in [2.05, 4.69) is 15.2 Å². The van der Waals surface area contributed by atoms with Crippen LogP contribution in [0.4, 0.5) is 0 Å². The monoisotopic (exact) mass is 276 g/mol. The molecule has 1 unspecified atom stereocenters. The first-order valence-electron chi connectivity index (χ1n) is 7.96. The molecule has 5 heteroatoms. The molecule has 20 heavy (non-hydrogen) atoms. The summed E-state index contributed by atoms with van der Waals surface area (Å²) in [6.45, 7) is 1.71. The van der Waals surface area contributed by atoms with E-state index >= 15 is 0 Å². The lowest BCUT2D eigenvalue weighted by molar-refractivity contribution is -0.136. The Morgan fingerprint density at radius 2 is 1.95 bits per heavy atom. The fourth-order valence-corrected chi connectivity index (χ4v) is 3.64. The molecule has 110 valence electrons. The molecule has 1 amide bonds. The fourth-order valence-electron chi connectivity index (χ4n) is 3.64. The van der Waals surface area contributed by atoms with E-state index in [0.717, 1.165) is 32.4 Å². The fraction of sp³-hybridized carbons (Fsp3) is 0.800. The van der Waals surface area contributed by atoms with Gasteiger partial charge in [-0.05, 0) is 38.0 Å². The highest BCUT2D eigenvalue weighted by molar-refractivity contribution is 5.77. The number of carbonyl (C=O) groups is 1. The van der Waals surface area contributed by atoms with Crippen LogP contribution in [0.1, 0.15) is 51.4 Å². The molecule has 2 fully saturated rings. The molecule has 1 aliphatic carbocycles. The number of piperidine rings is 1. The lowest BCUT2D eigenvalue weighted by atomic mass is 9.98. The molecule has 0 radical (unpaired) electrons. The highest BCUT2D eigenvalue weighted by Gasteiger charge is 2.29. The average Bonchev–Trinajstić information content (AvgIpc) is 3.13. The molecular weight excluding hydrogens is 252 g/mol. The SMILES string of the molecule is O=C(CC1CCCC1)N1CCCCC1Cn1ccnn1. The largest absolute Gasteiger partial charge is 0.338 e. The Hall–Kier alpha value is -1.39. The molecule has 2 heterocycles. The number of aromatic nitrogens is 3. The van der Waals surface area contributed by atoms with Crippen molar-refractivity contribution in [3.63, 3.8) is 0 Å². The van der Waals surface area contributed by atoms with E-state index in [1.54, 1.807) is 6.20 Å². The van der Waals surface area contributed by atoms with Gasteiger partial charge in [0.15, 0.2) is 0 Å². The van der Waals surface area contributed by atoms with Crippen LogP contribution in [0.2, 0.25) is 0 Å². The Kier molecular flexibility index (Phi) is 4.33. The predicted octanol–water partition coefficient (Wildman–Crippen LogP) is 2.24. The molecule has 0 aromatic carbocycles. The van der Waals surface area contributed by atoms with E-state index in [4.69, 9.17) is 0 Å². The van der Waals surface area contributed by atoms with Crippen molar-refractivity contribution in [1.29, 1.82) is 0 Å². The third-order valence-corrected chi connectivity index (χ3v) is 4.76. The molecule has 1 aromatic rings. The van der Waals surface area contributed by atoms with Gasteiger partial charge in [-0.1, -0.05) is 18.1 Å². The zero-order valence-corrected chi connectivity index (χ0v) is 12.1. The van der Waals surface area contributed by atoms with Gasteiger partial charge in [-0.25, -0.2) is 0 Å². The summed E-state index contributed by atoms with van der Waals surface area (Å²) in [6, 6.07) is 0.305. The smallest absolute Gasteiger partial charge is 0.223 e. The molecule has 1 aliphatic heterocycles. The number of amides is 1. The molecule has 1 atom stereocenters. The number of carbonyl (C=O) groups excluding carboxylic acids is 1. The quantitative estimate of drug-likeness (QED) is 0.847. The van der Waals surface area contributed by atoms with E-state index in [9.17, 15) is 4.79 Å². The Morgan fingerprint density at radius 3 is 2.70 bits per heavy atom. The van der Waals surface area contributed by atoms with Gasteiger partial charge in [0.1, 0.15) is 0 Å². The number of hydrogen-bond donors (Lipinski definition) is 0. The molecule has 5 nitrogen and oxygen atoms in total. The maximum Gasteiger partial charge on any atom is 0.223 e. The van der Waals surface area contributed by atoms with Gasteiger partial charge in [-0.15, -0.1) is 5.10 Å². The van der Waals surface area contributed by atoms with Crippen molar-refractivity contribution in [2.75, 3.05) is 6.54 Å². The Morgan fingerprint density at radius 1 is 1.15 bits per heavy atom. The Bertz CT molecular complexity index is 425. The van der Waals surface area contributed by atoms with Gasteiger partial charge in [-0.3, -0.25) is 9.48 Å². The van der Waals surface area contributed by atoms with E-state index in [0.29, 0.717) is 17.9 Å². The second-order valence-electron chi connectivity index (χ2n) is 6.22. The maximum absolute atomic E-state index is 12.6. The summed E-state index contributed by atoms with van der Waals surface area (Å²) in [4.78, 5) is 14.7. The second kappa shape index (κ2) is 6.37. The van der Waals surface area contributed by atoms with Gasteiger partial charge in [-0.2, -0.15) is 0 Å². The topological polar surface area (TPSA) is 51.0 Å². The maximum atomic E-state index is 12.6. The summed E-state index contributed by atoms with van der Waals surface area (Å²) >= 11 is 0. The van der Waals surface area contributed by atoms with Crippen molar-refractivity contribution in [1.82, 2.24) is 19.9 Å². The molecule has 1 saturated carbocycles. The Labute approximate surface area is 120 Å². The third kappa shape index (κ3) is 3.19. The molecule has 1 aromatic heterocycles. The normalized spacial score (nSPS) is 24.2. The van der Waals surface area contributed by atoms with Crippen molar-refractivity contribution < 1.29 is 4.79 Å². The molecule has 0 spiro atoms. The van der Waals surface area contributed by atoms with E-state index in [1.807, 2.05) is 10.9 Å². The van der Waals surface area contributed by atoms with E-state index in [1.165, 1.54) is 32.1 Å². The van der Waals surface area contributed by atoms with Crippen molar-refractivity contribution in [2.24, 2.45) is 5.92 Å². The molecule has 2 aliphatic rings. The van der Waals surface area contributed by atoms with Crippen LogP contribution < -0.4 is 0 Å². The molecule has 3 rings (SSSR count). The number of rotatable bonds is 4. The zero-order chi connectivity index (χ0) is 13.8. The van der Waals surface area contributed by atoms with Gasteiger partial charge >= 0.3 is 0 Å². The number of nitrogens with zero attached hydrogens (tertiary/aromatic N) is 4. The van der Waals surface area contributed by atoms with Crippen molar-refractivity contribution in [2.45, 2.75) is 64.0 Å². The highest BCUT2D eigenvalue weighted by atomic mass is 16.2. The van der Waals surface area contributed by atoms with Crippen LogP contribution in [0.3, 0.4) is 0 Å². The van der Waals surface area contributed by atoms with E-state index in [-0.39, 0.29) is 0 Å². The molecular formula is C15H24N4O. The van der Waals surface area contributed by atoms with Gasteiger partial charge < -0.3 is 4.90 Å². The van der Waals surface area contributed by atoms with Crippen LogP contribution in [0.5, 0.6) is 0 Å². The first kappa shape index (κ1) is 13.6. The minimum atomic E-state index is 0.305. The van der Waals surface area contributed by atoms with Crippen LogP contribution in [-0.4, -0.2) is 38.4 Å². The van der Waals surface area contributed by atoms with E-state index < -0.39 is 0 Å². The predicted molar refractivity (Wildman–Crippen MR) is 75.9 cm³/mol. The lowest BCUT2D eigenvalue weighted by Gasteiger charge is -2.36. The summed E-state index contributed by atoms with van der Waals surface area (Å²) in [5.74, 6) is 0.998. The highest BCUT2D eigenvalue weighted by Crippen LogP contribution is 2.29. The minimum absolute atomic E-state index is 0.305. The van der Waals surface area contributed by atoms with Crippen molar-refractivity contribution >= 4 is 5.91 Å². The minimum Gasteiger partial charge on any atom is -0.338 e. The van der Waals surface area contributed by atoms with Crippen LogP contribution in [0, 0.1) is 5.92 Å². The van der Waals surface area contributed by atoms with Gasteiger partial charge in [0.2, 0.25) is 5.91 Å². The standard InChI is InChI=1S/C15H24N4O/c20-15(11-13-5-1-2-6-13)19-9-4-3-7-14(19)12-18-10-8-16-17-18/h8,10,13-14H,1-7,9,11-12H2. The van der Waals surface area contributed by atoms with Crippen LogP contribution in [0.15, 0.2) is 12.4 Å². The molecule has 1 saturated heterocycles. The molecule has 0 N–H and O–H groups in total. The zero-order valence-electron chi connectivity index (χ0n) is 12.1. The second-order valence-corrected chi connectivity index (χ2v) is 6.22. The average molecular weight is 276 g/mol. The van der Waals surface area contributed by atoms with Gasteiger partial charge in [0.05, 0.1) is 18.8 Å². The van der Waals surface area contributed by atoms with Crippen LogP contribution >= 0.6 is 0 Å². The summed E-state index contributed by atoms with van der Waals surface area (Å²) in [5, 5.41) is 7.89. The summed E-state index contributed by atoms with van der Waals surface area (Å²) in [5.41, 5.74) is 0. The first-order chi connectivity index (χ1) is 9.83. The number of hydrogen-bond acceptors (Lipinski definition) is 3. The first-order valence-corrected chi connectivity index (χ1v) is 7.96. The van der Waals surface area contributed by atoms with Crippen LogP contribution in [0.25, 0.3) is 0 Å². The lowest BCUT2D eigenvalue weighted by Crippen LogP contribution is -2.46. The van der Waals surface area contributed by atoms with Gasteiger partial charge in [0.25, 0.3) is 0 Å². The third-order valence-electron chi connectivity index (χ3n) is 4.76. The Balaban J connectivity index is 1.60. The van der Waals surface area contributed by atoms with Crippen molar-refractivity contribution in [3.05, 3.63) is 12.4 Å². The van der Waals surface area contributed by atoms with Crippen molar-refractivity contribution in [3.8, 4) is 0 Å². The van der Waals surface area contributed by atoms with Crippen LogP contribution in [-0.2, 0) is 11.3 Å². The number of likely N-dealkylation sites (tertiary alicyclic amines) is 1. The molecule has 0 bridgehead atoms.